The van der Waals surface area contributed by atoms with E-state index in [0.717, 1.165) is 11.3 Å². The van der Waals surface area contributed by atoms with Crippen molar-refractivity contribution in [2.24, 2.45) is 0 Å². The number of ether oxygens (including phenoxy) is 2. The van der Waals surface area contributed by atoms with Gasteiger partial charge in [0.1, 0.15) is 16.9 Å². The molecule has 6 nitrogen and oxygen atoms in total. The lowest BCUT2D eigenvalue weighted by atomic mass is 10.0. The van der Waals surface area contributed by atoms with Crippen LogP contribution in [0.25, 0.3) is 0 Å². The summed E-state index contributed by atoms with van der Waals surface area (Å²) >= 11 is 0. The van der Waals surface area contributed by atoms with Gasteiger partial charge in [0.25, 0.3) is 0 Å². The van der Waals surface area contributed by atoms with Crippen molar-refractivity contribution >= 4 is 12.0 Å². The van der Waals surface area contributed by atoms with Crippen LogP contribution >= 0.6 is 0 Å². The first-order valence-electron chi connectivity index (χ1n) is 7.96. The lowest BCUT2D eigenvalue weighted by Gasteiger charge is -2.27. The number of carbonyl (C=O) groups is 2. The molecule has 2 N–H and O–H groups in total. The maximum atomic E-state index is 12.3. The normalized spacial score (nSPS) is 11.6. The summed E-state index contributed by atoms with van der Waals surface area (Å²) in [6, 6.07) is 7.68. The maximum absolute atomic E-state index is 12.3. The second-order valence-electron chi connectivity index (χ2n) is 7.11. The number of alkyl carbamates (subject to hydrolysis) is 1. The van der Waals surface area contributed by atoms with Crippen molar-refractivity contribution in [1.82, 2.24) is 10.6 Å². The van der Waals surface area contributed by atoms with Crippen molar-refractivity contribution in [3.8, 4) is 5.75 Å². The molecule has 1 aromatic rings. The monoisotopic (exact) mass is 336 g/mol. The third-order valence-electron chi connectivity index (χ3n) is 3.21. The van der Waals surface area contributed by atoms with Gasteiger partial charge in [-0.25, -0.2) is 4.79 Å². The van der Waals surface area contributed by atoms with Gasteiger partial charge < -0.3 is 20.1 Å². The smallest absolute Gasteiger partial charge is 0.408 e. The predicted molar refractivity (Wildman–Crippen MR) is 93.2 cm³/mol. The molecule has 0 aliphatic heterocycles. The van der Waals surface area contributed by atoms with Gasteiger partial charge in [-0.1, -0.05) is 12.1 Å². The SMILES string of the molecule is COc1cccc(CCNC(=O)C(C)(C)NC(=O)OC(C)(C)C)c1. The average Bonchev–Trinajstić information content (AvgIpc) is 2.44. The van der Waals surface area contributed by atoms with Crippen molar-refractivity contribution in [1.29, 1.82) is 0 Å². The van der Waals surface area contributed by atoms with Crippen molar-refractivity contribution in [3.63, 3.8) is 0 Å². The van der Waals surface area contributed by atoms with E-state index in [-0.39, 0.29) is 5.91 Å². The van der Waals surface area contributed by atoms with E-state index < -0.39 is 17.2 Å². The van der Waals surface area contributed by atoms with Crippen molar-refractivity contribution in [2.75, 3.05) is 13.7 Å². The highest BCUT2D eigenvalue weighted by Crippen LogP contribution is 2.13. The van der Waals surface area contributed by atoms with E-state index in [9.17, 15) is 9.59 Å². The first-order chi connectivity index (χ1) is 11.0. The van der Waals surface area contributed by atoms with Gasteiger partial charge in [0.05, 0.1) is 7.11 Å². The van der Waals surface area contributed by atoms with Gasteiger partial charge in [-0.3, -0.25) is 4.79 Å². The van der Waals surface area contributed by atoms with Crippen LogP contribution in [0.5, 0.6) is 5.75 Å². The van der Waals surface area contributed by atoms with Gasteiger partial charge >= 0.3 is 6.09 Å². The molecule has 0 bridgehead atoms. The Hall–Kier alpha value is -2.24. The molecule has 0 aliphatic carbocycles. The maximum Gasteiger partial charge on any atom is 0.408 e. The van der Waals surface area contributed by atoms with Crippen LogP contribution in [0.4, 0.5) is 4.79 Å². The molecule has 2 amide bonds. The third kappa shape index (κ3) is 6.89. The summed E-state index contributed by atoms with van der Waals surface area (Å²) in [6.45, 7) is 9.05. The summed E-state index contributed by atoms with van der Waals surface area (Å²) in [5.74, 6) is 0.516. The summed E-state index contributed by atoms with van der Waals surface area (Å²) < 4.78 is 10.4. The fourth-order valence-corrected chi connectivity index (χ4v) is 1.98. The second-order valence-corrected chi connectivity index (χ2v) is 7.11. The van der Waals surface area contributed by atoms with E-state index in [1.165, 1.54) is 0 Å². The molecule has 0 fully saturated rings. The molecule has 0 spiro atoms. The zero-order valence-corrected chi connectivity index (χ0v) is 15.4. The molecular weight excluding hydrogens is 308 g/mol. The highest BCUT2D eigenvalue weighted by Gasteiger charge is 2.31. The summed E-state index contributed by atoms with van der Waals surface area (Å²) in [7, 11) is 1.62. The zero-order valence-electron chi connectivity index (χ0n) is 15.4. The molecule has 0 aromatic heterocycles. The van der Waals surface area contributed by atoms with Crippen LogP contribution in [0.15, 0.2) is 24.3 Å². The van der Waals surface area contributed by atoms with Crippen molar-refractivity contribution in [2.45, 2.75) is 52.2 Å². The average molecular weight is 336 g/mol. The Morgan fingerprint density at radius 2 is 1.79 bits per heavy atom. The Morgan fingerprint density at radius 3 is 2.38 bits per heavy atom. The molecular formula is C18H28N2O4. The molecule has 0 saturated carbocycles. The minimum absolute atomic E-state index is 0.267. The molecule has 6 heteroatoms. The number of methoxy groups -OCH3 is 1. The largest absolute Gasteiger partial charge is 0.497 e. The van der Waals surface area contributed by atoms with Gasteiger partial charge in [0.15, 0.2) is 0 Å². The van der Waals surface area contributed by atoms with Gasteiger partial charge in [-0.15, -0.1) is 0 Å². The molecule has 0 unspecified atom stereocenters. The molecule has 1 aromatic carbocycles. The zero-order chi connectivity index (χ0) is 18.4. The molecule has 0 saturated heterocycles. The molecule has 0 radical (unpaired) electrons. The van der Waals surface area contributed by atoms with E-state index in [4.69, 9.17) is 9.47 Å². The van der Waals surface area contributed by atoms with Crippen LogP contribution in [-0.4, -0.2) is 36.8 Å². The Morgan fingerprint density at radius 1 is 1.12 bits per heavy atom. The highest BCUT2D eigenvalue weighted by atomic mass is 16.6. The molecule has 0 aliphatic rings. The Labute approximate surface area is 143 Å². The van der Waals surface area contributed by atoms with Crippen LogP contribution in [0.1, 0.15) is 40.2 Å². The van der Waals surface area contributed by atoms with Crippen LogP contribution < -0.4 is 15.4 Å². The van der Waals surface area contributed by atoms with E-state index >= 15 is 0 Å². The van der Waals surface area contributed by atoms with Crippen LogP contribution in [0.2, 0.25) is 0 Å². The lowest BCUT2D eigenvalue weighted by Crippen LogP contribution is -2.55. The summed E-state index contributed by atoms with van der Waals surface area (Å²) in [5, 5.41) is 5.41. The Bertz CT molecular complexity index is 577. The molecule has 134 valence electrons. The molecule has 0 atom stereocenters. The molecule has 0 heterocycles. The van der Waals surface area contributed by atoms with Gasteiger partial charge in [0.2, 0.25) is 5.91 Å². The van der Waals surface area contributed by atoms with Crippen LogP contribution in [0, 0.1) is 0 Å². The number of hydrogen-bond acceptors (Lipinski definition) is 4. The fourth-order valence-electron chi connectivity index (χ4n) is 1.98. The number of hydrogen-bond donors (Lipinski definition) is 2. The number of rotatable bonds is 6. The summed E-state index contributed by atoms with van der Waals surface area (Å²) in [4.78, 5) is 24.1. The lowest BCUT2D eigenvalue weighted by molar-refractivity contribution is -0.126. The van der Waals surface area contributed by atoms with E-state index in [0.29, 0.717) is 13.0 Å². The first kappa shape index (κ1) is 19.8. The summed E-state index contributed by atoms with van der Waals surface area (Å²) in [6.07, 6.45) is 0.0568. The minimum Gasteiger partial charge on any atom is -0.497 e. The van der Waals surface area contributed by atoms with Crippen molar-refractivity contribution < 1.29 is 19.1 Å². The van der Waals surface area contributed by atoms with Crippen LogP contribution in [-0.2, 0) is 16.0 Å². The Kier molecular flexibility index (Phi) is 6.63. The quantitative estimate of drug-likeness (QED) is 0.837. The second kappa shape index (κ2) is 8.04. The number of nitrogens with one attached hydrogen (secondary N) is 2. The fraction of sp³-hybridized carbons (Fsp3) is 0.556. The third-order valence-corrected chi connectivity index (χ3v) is 3.21. The van der Waals surface area contributed by atoms with Gasteiger partial charge in [0, 0.05) is 6.54 Å². The predicted octanol–water partition coefficient (Wildman–Crippen LogP) is 2.66. The molecule has 24 heavy (non-hydrogen) atoms. The van der Waals surface area contributed by atoms with Crippen LogP contribution in [0.3, 0.4) is 0 Å². The number of amides is 2. The summed E-state index contributed by atoms with van der Waals surface area (Å²) in [5.41, 5.74) is -0.604. The number of benzene rings is 1. The minimum atomic E-state index is -1.06. The highest BCUT2D eigenvalue weighted by molar-refractivity contribution is 5.89. The Balaban J connectivity index is 2.49. The van der Waals surface area contributed by atoms with Gasteiger partial charge in [-0.05, 0) is 58.7 Å². The van der Waals surface area contributed by atoms with Crippen molar-refractivity contribution in [3.05, 3.63) is 29.8 Å². The first-order valence-corrected chi connectivity index (χ1v) is 7.96. The van der Waals surface area contributed by atoms with Gasteiger partial charge in [-0.2, -0.15) is 0 Å². The van der Waals surface area contributed by atoms with E-state index in [1.54, 1.807) is 41.7 Å². The van der Waals surface area contributed by atoms with E-state index in [2.05, 4.69) is 10.6 Å². The molecule has 1 rings (SSSR count). The topological polar surface area (TPSA) is 76.7 Å². The standard InChI is InChI=1S/C18H28N2O4/c1-17(2,3)24-16(22)20-18(4,5)15(21)19-11-10-13-8-7-9-14(12-13)23-6/h7-9,12H,10-11H2,1-6H3,(H,19,21)(H,20,22). The van der Waals surface area contributed by atoms with E-state index in [1.807, 2.05) is 24.3 Å². The number of carbonyl (C=O) groups excluding carboxylic acids is 2.